The number of carbonyl (C=O) groups is 2. The first-order valence-electron chi connectivity index (χ1n) is 8.02. The number of anilines is 1. The number of hydrogen-bond acceptors (Lipinski definition) is 3. The molecule has 0 fully saturated rings. The van der Waals surface area contributed by atoms with Crippen LogP contribution in [0.4, 0.5) is 5.69 Å². The minimum atomic E-state index is -1.29. The van der Waals surface area contributed by atoms with Gasteiger partial charge in [0.25, 0.3) is 0 Å². The Balaban J connectivity index is 2.10. The van der Waals surface area contributed by atoms with Gasteiger partial charge in [0, 0.05) is 0 Å². The van der Waals surface area contributed by atoms with E-state index in [2.05, 4.69) is 10.6 Å². The molecule has 0 aliphatic rings. The number of nitrogens with zero attached hydrogens (tertiary/aromatic N) is 1. The summed E-state index contributed by atoms with van der Waals surface area (Å²) in [6.07, 6.45) is 0. The summed E-state index contributed by atoms with van der Waals surface area (Å²) in [6, 6.07) is 18.0. The van der Waals surface area contributed by atoms with E-state index in [9.17, 15) is 9.59 Å². The predicted octanol–water partition coefficient (Wildman–Crippen LogP) is 3.40. The third-order valence-electron chi connectivity index (χ3n) is 4.08. The Bertz CT molecular complexity index is 807. The number of rotatable bonds is 5. The molecule has 5 nitrogen and oxygen atoms in total. The van der Waals surface area contributed by atoms with E-state index in [1.807, 2.05) is 43.3 Å². The maximum atomic E-state index is 12.6. The first-order chi connectivity index (χ1) is 11.9. The van der Waals surface area contributed by atoms with Crippen LogP contribution in [0.5, 0.6) is 0 Å². The molecule has 0 spiro atoms. The van der Waals surface area contributed by atoms with Crippen LogP contribution in [0.25, 0.3) is 0 Å². The van der Waals surface area contributed by atoms with Crippen molar-refractivity contribution in [1.82, 2.24) is 5.32 Å². The molecular formula is C20H21N3O2. The normalized spacial score (nSPS) is 11.9. The second kappa shape index (κ2) is 7.63. The fourth-order valence-corrected chi connectivity index (χ4v) is 2.27. The van der Waals surface area contributed by atoms with Crippen LogP contribution in [0.1, 0.15) is 37.9 Å². The maximum absolute atomic E-state index is 12.6. The van der Waals surface area contributed by atoms with Gasteiger partial charge in [0.15, 0.2) is 0 Å². The van der Waals surface area contributed by atoms with E-state index in [0.29, 0.717) is 11.3 Å². The van der Waals surface area contributed by atoms with Crippen LogP contribution in [-0.4, -0.2) is 11.8 Å². The summed E-state index contributed by atoms with van der Waals surface area (Å²) < 4.78 is 0. The first kappa shape index (κ1) is 18.2. The smallest absolute Gasteiger partial charge is 0.239 e. The van der Waals surface area contributed by atoms with E-state index in [4.69, 9.17) is 5.26 Å². The fraction of sp³-hybridized carbons (Fsp3) is 0.250. The lowest BCUT2D eigenvalue weighted by Gasteiger charge is -2.25. The first-order valence-corrected chi connectivity index (χ1v) is 8.02. The summed E-state index contributed by atoms with van der Waals surface area (Å²) in [5, 5.41) is 14.6. The van der Waals surface area contributed by atoms with E-state index in [1.165, 1.54) is 0 Å². The summed E-state index contributed by atoms with van der Waals surface area (Å²) in [6.45, 7) is 4.99. The molecule has 2 amide bonds. The quantitative estimate of drug-likeness (QED) is 0.822. The SMILES string of the molecule is CC(NC(=O)C(C)(C)C(=O)Nc1ccccc1C#N)c1ccccc1. The summed E-state index contributed by atoms with van der Waals surface area (Å²) in [5.74, 6) is -0.844. The van der Waals surface area contributed by atoms with Crippen molar-refractivity contribution in [2.45, 2.75) is 26.8 Å². The van der Waals surface area contributed by atoms with Crippen molar-refractivity contribution in [1.29, 1.82) is 5.26 Å². The van der Waals surface area contributed by atoms with Crippen molar-refractivity contribution in [3.8, 4) is 6.07 Å². The molecule has 25 heavy (non-hydrogen) atoms. The number of benzene rings is 2. The van der Waals surface area contributed by atoms with Crippen molar-refractivity contribution >= 4 is 17.5 Å². The lowest BCUT2D eigenvalue weighted by Crippen LogP contribution is -2.45. The van der Waals surface area contributed by atoms with E-state index < -0.39 is 11.3 Å². The molecule has 1 atom stereocenters. The third-order valence-corrected chi connectivity index (χ3v) is 4.08. The molecule has 2 rings (SSSR count). The van der Waals surface area contributed by atoms with Gasteiger partial charge in [0.2, 0.25) is 11.8 Å². The lowest BCUT2D eigenvalue weighted by molar-refractivity contribution is -0.138. The van der Waals surface area contributed by atoms with Crippen LogP contribution in [0.3, 0.4) is 0 Å². The van der Waals surface area contributed by atoms with E-state index in [1.54, 1.807) is 38.1 Å². The Kier molecular flexibility index (Phi) is 5.56. The van der Waals surface area contributed by atoms with Gasteiger partial charge in [-0.1, -0.05) is 42.5 Å². The minimum Gasteiger partial charge on any atom is -0.349 e. The van der Waals surface area contributed by atoms with Gasteiger partial charge in [-0.25, -0.2) is 0 Å². The minimum absolute atomic E-state index is 0.216. The average Bonchev–Trinajstić information content (AvgIpc) is 2.62. The fourth-order valence-electron chi connectivity index (χ4n) is 2.27. The Hall–Kier alpha value is -3.13. The molecule has 2 aromatic carbocycles. The number of para-hydroxylation sites is 1. The van der Waals surface area contributed by atoms with Gasteiger partial charge in [0.05, 0.1) is 17.3 Å². The highest BCUT2D eigenvalue weighted by atomic mass is 16.2. The summed E-state index contributed by atoms with van der Waals surface area (Å²) in [7, 11) is 0. The van der Waals surface area contributed by atoms with Crippen molar-refractivity contribution < 1.29 is 9.59 Å². The number of amides is 2. The molecule has 0 saturated heterocycles. The van der Waals surface area contributed by atoms with Gasteiger partial charge in [0.1, 0.15) is 11.5 Å². The number of carbonyl (C=O) groups excluding carboxylic acids is 2. The zero-order valence-electron chi connectivity index (χ0n) is 14.5. The molecule has 0 saturated carbocycles. The lowest BCUT2D eigenvalue weighted by atomic mass is 9.90. The highest BCUT2D eigenvalue weighted by Crippen LogP contribution is 2.23. The molecule has 1 unspecified atom stereocenters. The summed E-state index contributed by atoms with van der Waals surface area (Å²) >= 11 is 0. The molecule has 0 aliphatic carbocycles. The van der Waals surface area contributed by atoms with Crippen LogP contribution < -0.4 is 10.6 Å². The monoisotopic (exact) mass is 335 g/mol. The Morgan fingerprint density at radius 3 is 2.24 bits per heavy atom. The third kappa shape index (κ3) is 4.24. The van der Waals surface area contributed by atoms with Crippen molar-refractivity contribution in [3.63, 3.8) is 0 Å². The van der Waals surface area contributed by atoms with Gasteiger partial charge in [-0.05, 0) is 38.5 Å². The Morgan fingerprint density at radius 2 is 1.60 bits per heavy atom. The average molecular weight is 335 g/mol. The second-order valence-electron chi connectivity index (χ2n) is 6.34. The zero-order chi connectivity index (χ0) is 18.4. The molecular weight excluding hydrogens is 314 g/mol. The number of nitriles is 1. The number of nitrogens with one attached hydrogen (secondary N) is 2. The van der Waals surface area contributed by atoms with E-state index >= 15 is 0 Å². The van der Waals surface area contributed by atoms with Gasteiger partial charge in [-0.3, -0.25) is 9.59 Å². The predicted molar refractivity (Wildman–Crippen MR) is 96.6 cm³/mol. The zero-order valence-corrected chi connectivity index (χ0v) is 14.5. The highest BCUT2D eigenvalue weighted by Gasteiger charge is 2.37. The molecule has 0 heterocycles. The van der Waals surface area contributed by atoms with Crippen molar-refractivity contribution in [2.24, 2.45) is 5.41 Å². The highest BCUT2D eigenvalue weighted by molar-refractivity contribution is 6.10. The molecule has 2 aromatic rings. The standard InChI is InChI=1S/C20H21N3O2/c1-14(15-9-5-4-6-10-15)22-18(24)20(2,3)19(25)23-17-12-8-7-11-16(17)13-21/h4-12,14H,1-3H3,(H,22,24)(H,23,25). The van der Waals surface area contributed by atoms with Gasteiger partial charge < -0.3 is 10.6 Å². The van der Waals surface area contributed by atoms with Crippen LogP contribution in [0, 0.1) is 16.7 Å². The Morgan fingerprint density at radius 1 is 1.00 bits per heavy atom. The van der Waals surface area contributed by atoms with Crippen LogP contribution in [0.2, 0.25) is 0 Å². The molecule has 0 aromatic heterocycles. The summed E-state index contributed by atoms with van der Waals surface area (Å²) in [5.41, 5.74) is 0.421. The second-order valence-corrected chi connectivity index (χ2v) is 6.34. The maximum Gasteiger partial charge on any atom is 0.239 e. The molecule has 128 valence electrons. The Labute approximate surface area is 147 Å². The van der Waals surface area contributed by atoms with Crippen molar-refractivity contribution in [3.05, 3.63) is 65.7 Å². The van der Waals surface area contributed by atoms with Gasteiger partial charge in [-0.2, -0.15) is 5.26 Å². The molecule has 5 heteroatoms. The molecule has 2 N–H and O–H groups in total. The largest absolute Gasteiger partial charge is 0.349 e. The van der Waals surface area contributed by atoms with Gasteiger partial charge in [-0.15, -0.1) is 0 Å². The topological polar surface area (TPSA) is 82.0 Å². The van der Waals surface area contributed by atoms with Crippen LogP contribution in [0.15, 0.2) is 54.6 Å². The van der Waals surface area contributed by atoms with Crippen LogP contribution >= 0.6 is 0 Å². The van der Waals surface area contributed by atoms with Gasteiger partial charge >= 0.3 is 0 Å². The van der Waals surface area contributed by atoms with Crippen LogP contribution in [-0.2, 0) is 9.59 Å². The van der Waals surface area contributed by atoms with E-state index in [-0.39, 0.29) is 11.9 Å². The summed E-state index contributed by atoms with van der Waals surface area (Å²) in [4.78, 5) is 25.2. The van der Waals surface area contributed by atoms with Crippen molar-refractivity contribution in [2.75, 3.05) is 5.32 Å². The molecule has 0 aliphatic heterocycles. The molecule has 0 radical (unpaired) electrons. The molecule has 0 bridgehead atoms. The van der Waals surface area contributed by atoms with E-state index in [0.717, 1.165) is 5.56 Å². The number of hydrogen-bond donors (Lipinski definition) is 2.